The van der Waals surface area contributed by atoms with Crippen molar-refractivity contribution >= 4 is 0 Å². The van der Waals surface area contributed by atoms with Gasteiger partial charge in [-0.05, 0) is 32.9 Å². The van der Waals surface area contributed by atoms with Crippen LogP contribution in [0.5, 0.6) is 0 Å². The Bertz CT molecular complexity index is 202. The number of hydrogen-bond acceptors (Lipinski definition) is 4. The number of aliphatic hydroxyl groups is 1. The Balaban J connectivity index is 2.31. The molecule has 17 heavy (non-hydrogen) atoms. The van der Waals surface area contributed by atoms with Gasteiger partial charge >= 0.3 is 0 Å². The van der Waals surface area contributed by atoms with Crippen molar-refractivity contribution in [1.29, 1.82) is 0 Å². The van der Waals surface area contributed by atoms with Gasteiger partial charge in [0.25, 0.3) is 0 Å². The van der Waals surface area contributed by atoms with Crippen LogP contribution in [-0.4, -0.2) is 62.0 Å². The molecule has 4 nitrogen and oxygen atoms in total. The second kappa shape index (κ2) is 8.03. The standard InChI is InChI=1S/C13H28N2O2/c1-4-11-8-15(7-6-13(11)14-3)9-12(16)10-17-5-2/h11-14,16H,4-10H2,1-3H3. The highest BCUT2D eigenvalue weighted by molar-refractivity contribution is 4.84. The molecule has 0 aromatic carbocycles. The third kappa shape index (κ3) is 4.92. The van der Waals surface area contributed by atoms with Gasteiger partial charge in [0.05, 0.1) is 12.7 Å². The second-order valence-electron chi connectivity index (χ2n) is 4.93. The molecule has 0 aromatic rings. The molecule has 1 aliphatic rings. The zero-order valence-electron chi connectivity index (χ0n) is 11.5. The molecule has 1 heterocycles. The quantitative estimate of drug-likeness (QED) is 0.692. The molecule has 3 atom stereocenters. The Morgan fingerprint density at radius 1 is 1.47 bits per heavy atom. The number of β-amino-alcohol motifs (C(OH)–C–C–N with tert-alkyl or cyclic N) is 1. The van der Waals surface area contributed by atoms with E-state index in [1.807, 2.05) is 14.0 Å². The van der Waals surface area contributed by atoms with Crippen LogP contribution in [0.3, 0.4) is 0 Å². The van der Waals surface area contributed by atoms with Gasteiger partial charge in [-0.1, -0.05) is 13.3 Å². The normalized spacial score (nSPS) is 28.2. The molecule has 0 amide bonds. The van der Waals surface area contributed by atoms with E-state index in [9.17, 15) is 5.11 Å². The molecule has 0 bridgehead atoms. The fraction of sp³-hybridized carbons (Fsp3) is 1.00. The summed E-state index contributed by atoms with van der Waals surface area (Å²) in [6.07, 6.45) is 2.03. The monoisotopic (exact) mass is 244 g/mol. The second-order valence-corrected chi connectivity index (χ2v) is 4.93. The molecule has 0 saturated carbocycles. The van der Waals surface area contributed by atoms with Gasteiger partial charge in [0.1, 0.15) is 0 Å². The summed E-state index contributed by atoms with van der Waals surface area (Å²) in [6.45, 7) is 8.24. The zero-order valence-corrected chi connectivity index (χ0v) is 11.5. The minimum Gasteiger partial charge on any atom is -0.389 e. The number of aliphatic hydroxyl groups excluding tert-OH is 1. The molecule has 1 fully saturated rings. The summed E-state index contributed by atoms with van der Waals surface area (Å²) in [4.78, 5) is 2.37. The smallest absolute Gasteiger partial charge is 0.0900 e. The minimum absolute atomic E-state index is 0.349. The fourth-order valence-corrected chi connectivity index (χ4v) is 2.67. The third-order valence-corrected chi connectivity index (χ3v) is 3.70. The molecule has 2 N–H and O–H groups in total. The zero-order chi connectivity index (χ0) is 12.7. The van der Waals surface area contributed by atoms with Crippen molar-refractivity contribution in [1.82, 2.24) is 10.2 Å². The van der Waals surface area contributed by atoms with Crippen LogP contribution in [0.25, 0.3) is 0 Å². The maximum atomic E-state index is 9.83. The van der Waals surface area contributed by atoms with E-state index in [-0.39, 0.29) is 6.10 Å². The Morgan fingerprint density at radius 2 is 2.24 bits per heavy atom. The van der Waals surface area contributed by atoms with Crippen molar-refractivity contribution in [2.45, 2.75) is 38.8 Å². The molecule has 1 saturated heterocycles. The van der Waals surface area contributed by atoms with E-state index in [0.29, 0.717) is 25.2 Å². The van der Waals surface area contributed by atoms with Crippen molar-refractivity contribution < 1.29 is 9.84 Å². The lowest BCUT2D eigenvalue weighted by Crippen LogP contribution is -2.50. The molecule has 3 unspecified atom stereocenters. The van der Waals surface area contributed by atoms with E-state index < -0.39 is 0 Å². The molecule has 0 spiro atoms. The summed E-state index contributed by atoms with van der Waals surface area (Å²) in [5.74, 6) is 0.702. The summed E-state index contributed by atoms with van der Waals surface area (Å²) in [6, 6.07) is 0.639. The molecule has 0 radical (unpaired) electrons. The Morgan fingerprint density at radius 3 is 2.82 bits per heavy atom. The van der Waals surface area contributed by atoms with Gasteiger partial charge in [-0.3, -0.25) is 0 Å². The van der Waals surface area contributed by atoms with Crippen LogP contribution < -0.4 is 5.32 Å². The average molecular weight is 244 g/mol. The van der Waals surface area contributed by atoms with E-state index in [2.05, 4.69) is 17.1 Å². The van der Waals surface area contributed by atoms with Crippen molar-refractivity contribution in [2.75, 3.05) is 39.9 Å². The topological polar surface area (TPSA) is 44.7 Å². The lowest BCUT2D eigenvalue weighted by molar-refractivity contribution is 0.00943. The van der Waals surface area contributed by atoms with Crippen molar-refractivity contribution in [2.24, 2.45) is 5.92 Å². The number of likely N-dealkylation sites (tertiary alicyclic amines) is 1. The van der Waals surface area contributed by atoms with Gasteiger partial charge in [-0.2, -0.15) is 0 Å². The lowest BCUT2D eigenvalue weighted by atomic mass is 9.90. The molecule has 4 heteroatoms. The summed E-state index contributed by atoms with van der Waals surface area (Å²) in [5.41, 5.74) is 0. The van der Waals surface area contributed by atoms with Crippen molar-refractivity contribution in [3.8, 4) is 0 Å². The average Bonchev–Trinajstić information content (AvgIpc) is 2.36. The van der Waals surface area contributed by atoms with Crippen LogP contribution >= 0.6 is 0 Å². The van der Waals surface area contributed by atoms with Crippen LogP contribution in [0.2, 0.25) is 0 Å². The molecule has 102 valence electrons. The van der Waals surface area contributed by atoms with Crippen LogP contribution in [0.15, 0.2) is 0 Å². The highest BCUT2D eigenvalue weighted by Crippen LogP contribution is 2.20. The molecule has 1 aliphatic heterocycles. The molecular weight excluding hydrogens is 216 g/mol. The number of nitrogens with one attached hydrogen (secondary N) is 1. The first-order valence-electron chi connectivity index (χ1n) is 6.86. The molecular formula is C13H28N2O2. The van der Waals surface area contributed by atoms with E-state index in [0.717, 1.165) is 19.6 Å². The van der Waals surface area contributed by atoms with Crippen LogP contribution in [0, 0.1) is 5.92 Å². The third-order valence-electron chi connectivity index (χ3n) is 3.70. The first kappa shape index (κ1) is 14.9. The number of rotatable bonds is 7. The SMILES string of the molecule is CCOCC(O)CN1CCC(NC)C(CC)C1. The first-order chi connectivity index (χ1) is 8.21. The van der Waals surface area contributed by atoms with Crippen LogP contribution in [0.4, 0.5) is 0 Å². The van der Waals surface area contributed by atoms with Gasteiger partial charge in [-0.25, -0.2) is 0 Å². The number of nitrogens with zero attached hydrogens (tertiary/aromatic N) is 1. The van der Waals surface area contributed by atoms with Gasteiger partial charge in [0, 0.05) is 25.7 Å². The Labute approximate surface area is 105 Å². The summed E-state index contributed by atoms with van der Waals surface area (Å²) in [7, 11) is 2.05. The highest BCUT2D eigenvalue weighted by atomic mass is 16.5. The Hall–Kier alpha value is -0.160. The van der Waals surface area contributed by atoms with Gasteiger partial charge in [0.2, 0.25) is 0 Å². The summed E-state index contributed by atoms with van der Waals surface area (Å²) >= 11 is 0. The number of piperidine rings is 1. The van der Waals surface area contributed by atoms with Gasteiger partial charge in [0.15, 0.2) is 0 Å². The van der Waals surface area contributed by atoms with E-state index in [4.69, 9.17) is 4.74 Å². The predicted octanol–water partition coefficient (Wildman–Crippen LogP) is 0.704. The lowest BCUT2D eigenvalue weighted by Gasteiger charge is -2.38. The first-order valence-corrected chi connectivity index (χ1v) is 6.86. The fourth-order valence-electron chi connectivity index (χ4n) is 2.67. The highest BCUT2D eigenvalue weighted by Gasteiger charge is 2.27. The molecule has 1 rings (SSSR count). The predicted molar refractivity (Wildman–Crippen MR) is 70.2 cm³/mol. The van der Waals surface area contributed by atoms with Crippen LogP contribution in [-0.2, 0) is 4.74 Å². The number of ether oxygens (including phenoxy) is 1. The van der Waals surface area contributed by atoms with Gasteiger partial charge < -0.3 is 20.1 Å². The van der Waals surface area contributed by atoms with E-state index in [1.165, 1.54) is 12.8 Å². The van der Waals surface area contributed by atoms with Crippen molar-refractivity contribution in [3.05, 3.63) is 0 Å². The van der Waals surface area contributed by atoms with E-state index in [1.54, 1.807) is 0 Å². The summed E-state index contributed by atoms with van der Waals surface area (Å²) in [5, 5.41) is 13.2. The largest absolute Gasteiger partial charge is 0.389 e. The molecule has 0 aliphatic carbocycles. The maximum Gasteiger partial charge on any atom is 0.0900 e. The van der Waals surface area contributed by atoms with Crippen molar-refractivity contribution in [3.63, 3.8) is 0 Å². The minimum atomic E-state index is -0.349. The van der Waals surface area contributed by atoms with E-state index >= 15 is 0 Å². The molecule has 0 aromatic heterocycles. The maximum absolute atomic E-state index is 9.83. The number of hydrogen-bond donors (Lipinski definition) is 2. The Kier molecular flexibility index (Phi) is 7.04. The van der Waals surface area contributed by atoms with Gasteiger partial charge in [-0.15, -0.1) is 0 Å². The van der Waals surface area contributed by atoms with Crippen LogP contribution in [0.1, 0.15) is 26.7 Å². The summed E-state index contributed by atoms with van der Waals surface area (Å²) < 4.78 is 5.24.